The topological polar surface area (TPSA) is 82.8 Å². The van der Waals surface area contributed by atoms with Crippen LogP contribution in [-0.2, 0) is 16.1 Å². The predicted octanol–water partition coefficient (Wildman–Crippen LogP) is 3.75. The van der Waals surface area contributed by atoms with E-state index in [-0.39, 0.29) is 23.4 Å². The number of carboxylic acids is 2. The molecule has 1 aliphatic carbocycles. The summed E-state index contributed by atoms with van der Waals surface area (Å²) in [6.07, 6.45) is 4.83. The summed E-state index contributed by atoms with van der Waals surface area (Å²) in [6.45, 7) is 7.40. The number of likely N-dealkylation sites (tertiary alicyclic amines) is 1. The van der Waals surface area contributed by atoms with Crippen molar-refractivity contribution in [1.29, 1.82) is 0 Å². The van der Waals surface area contributed by atoms with Gasteiger partial charge in [0.1, 0.15) is 12.6 Å². The van der Waals surface area contributed by atoms with Crippen molar-refractivity contribution in [3.8, 4) is 0 Å². The van der Waals surface area contributed by atoms with Crippen LogP contribution in [0.3, 0.4) is 0 Å². The number of hydrogen-bond acceptors (Lipinski definition) is 3. The summed E-state index contributed by atoms with van der Waals surface area (Å²) in [5.41, 5.74) is 1.78. The Labute approximate surface area is 164 Å². The molecule has 3 atom stereocenters. The molecule has 1 aromatic carbocycles. The van der Waals surface area contributed by atoms with Gasteiger partial charge in [0.25, 0.3) is 0 Å². The minimum absolute atomic E-state index is 0.125. The first-order chi connectivity index (χ1) is 13.1. The minimum Gasteiger partial charge on any atom is -0.480 e. The molecule has 1 aromatic heterocycles. The number of nitrogens with zero attached hydrogens (tertiary/aromatic N) is 2. The third kappa shape index (κ3) is 3.20. The Bertz CT molecular complexity index is 947. The summed E-state index contributed by atoms with van der Waals surface area (Å²) in [7, 11) is 0. The molecule has 2 bridgehead atoms. The zero-order valence-corrected chi connectivity index (χ0v) is 16.7. The lowest BCUT2D eigenvalue weighted by molar-refractivity contribution is -0.144. The largest absolute Gasteiger partial charge is 0.480 e. The van der Waals surface area contributed by atoms with Crippen molar-refractivity contribution in [1.82, 2.24) is 9.47 Å². The maximum absolute atomic E-state index is 12.4. The number of carboxylic acid groups (broad SMARTS) is 2. The smallest absolute Gasteiger partial charge is 0.325 e. The number of aromatic nitrogens is 1. The Kier molecular flexibility index (Phi) is 4.30. The Morgan fingerprint density at radius 3 is 2.57 bits per heavy atom. The third-order valence-corrected chi connectivity index (χ3v) is 6.44. The van der Waals surface area contributed by atoms with Gasteiger partial charge in [-0.3, -0.25) is 14.5 Å². The van der Waals surface area contributed by atoms with Crippen molar-refractivity contribution in [3.63, 3.8) is 0 Å². The molecule has 1 saturated carbocycles. The summed E-state index contributed by atoms with van der Waals surface area (Å²) in [5.74, 6) is -1.81. The molecule has 2 heterocycles. The van der Waals surface area contributed by atoms with Crippen molar-refractivity contribution in [2.24, 2.45) is 10.8 Å². The summed E-state index contributed by atoms with van der Waals surface area (Å²) in [6, 6.07) is 6.95. The number of fused-ring (bicyclic) bond motifs is 3. The van der Waals surface area contributed by atoms with Crippen molar-refractivity contribution in [2.45, 2.75) is 58.7 Å². The number of carbonyl (C=O) groups is 2. The van der Waals surface area contributed by atoms with Crippen LogP contribution in [0.4, 0.5) is 0 Å². The van der Waals surface area contributed by atoms with Crippen LogP contribution in [0.25, 0.3) is 10.9 Å². The van der Waals surface area contributed by atoms with Crippen LogP contribution in [0.2, 0.25) is 0 Å². The molecule has 2 aromatic rings. The standard InChI is InChI=1S/C22H28N2O4/c1-21(2)8-14-9-22(3,12-21)13-24(14)19(20(27)28)16-10-23(11-18(25)26)17-7-5-4-6-15(16)17/h4-7,10,14,19H,8-9,11-13H2,1-3H3,(H,25,26)(H,27,28)/t14-,19-,22-/m0/s1. The zero-order chi connectivity index (χ0) is 20.3. The maximum Gasteiger partial charge on any atom is 0.325 e. The molecule has 6 heteroatoms. The van der Waals surface area contributed by atoms with Crippen molar-refractivity contribution in [3.05, 3.63) is 36.0 Å². The van der Waals surface area contributed by atoms with Crippen molar-refractivity contribution in [2.75, 3.05) is 6.54 Å². The number of benzene rings is 1. The highest BCUT2D eigenvalue weighted by molar-refractivity contribution is 5.90. The Morgan fingerprint density at radius 2 is 1.89 bits per heavy atom. The lowest BCUT2D eigenvalue weighted by Crippen LogP contribution is -2.39. The lowest BCUT2D eigenvalue weighted by Gasteiger charge is -2.40. The molecule has 2 N–H and O–H groups in total. The van der Waals surface area contributed by atoms with E-state index in [1.54, 1.807) is 10.8 Å². The van der Waals surface area contributed by atoms with E-state index >= 15 is 0 Å². The highest BCUT2D eigenvalue weighted by Crippen LogP contribution is 2.54. The van der Waals surface area contributed by atoms with Crippen LogP contribution in [0, 0.1) is 10.8 Å². The second-order valence-electron chi connectivity index (χ2n) is 9.75. The van der Waals surface area contributed by atoms with Crippen molar-refractivity contribution >= 4 is 22.8 Å². The Morgan fingerprint density at radius 1 is 1.18 bits per heavy atom. The molecule has 6 nitrogen and oxygen atoms in total. The molecule has 28 heavy (non-hydrogen) atoms. The first-order valence-electron chi connectivity index (χ1n) is 9.87. The number of hydrogen-bond donors (Lipinski definition) is 2. The van der Waals surface area contributed by atoms with Gasteiger partial charge in [-0.25, -0.2) is 0 Å². The average Bonchev–Trinajstić information content (AvgIpc) is 3.02. The van der Waals surface area contributed by atoms with E-state index in [9.17, 15) is 19.8 Å². The summed E-state index contributed by atoms with van der Waals surface area (Å²) >= 11 is 0. The fourth-order valence-electron chi connectivity index (χ4n) is 6.03. The molecular formula is C22H28N2O4. The second-order valence-corrected chi connectivity index (χ2v) is 9.75. The van der Waals surface area contributed by atoms with E-state index in [2.05, 4.69) is 25.7 Å². The lowest BCUT2D eigenvalue weighted by atomic mass is 9.65. The van der Waals surface area contributed by atoms with Gasteiger partial charge in [0, 0.05) is 35.2 Å². The van der Waals surface area contributed by atoms with E-state index in [1.165, 1.54) is 0 Å². The predicted molar refractivity (Wildman–Crippen MR) is 106 cm³/mol. The van der Waals surface area contributed by atoms with Gasteiger partial charge < -0.3 is 14.8 Å². The monoisotopic (exact) mass is 384 g/mol. The number of para-hydroxylation sites is 1. The molecule has 150 valence electrons. The van der Waals surface area contributed by atoms with Gasteiger partial charge in [-0.1, -0.05) is 39.0 Å². The second kappa shape index (κ2) is 6.34. The van der Waals surface area contributed by atoms with Crippen LogP contribution in [0.5, 0.6) is 0 Å². The van der Waals surface area contributed by atoms with Gasteiger partial charge in [0.2, 0.25) is 0 Å². The summed E-state index contributed by atoms with van der Waals surface area (Å²) in [5, 5.41) is 20.3. The van der Waals surface area contributed by atoms with E-state index in [0.717, 1.165) is 36.7 Å². The first kappa shape index (κ1) is 19.0. The van der Waals surface area contributed by atoms with E-state index < -0.39 is 18.0 Å². The quantitative estimate of drug-likeness (QED) is 0.820. The highest BCUT2D eigenvalue weighted by Gasteiger charge is 2.52. The maximum atomic E-state index is 12.4. The Balaban J connectivity index is 1.80. The van der Waals surface area contributed by atoms with Crippen LogP contribution in [-0.4, -0.2) is 44.2 Å². The SMILES string of the molecule is CC1(C)C[C@H]2C[C@](C)(CN2[C@H](C(=O)O)c2cn(CC(=O)O)c3ccccc23)C1. The molecule has 0 amide bonds. The molecule has 1 saturated heterocycles. The highest BCUT2D eigenvalue weighted by atomic mass is 16.4. The normalized spacial score (nSPS) is 27.8. The van der Waals surface area contributed by atoms with Gasteiger partial charge in [0.05, 0.1) is 0 Å². The minimum atomic E-state index is -0.939. The van der Waals surface area contributed by atoms with Gasteiger partial charge in [0.15, 0.2) is 0 Å². The molecule has 4 rings (SSSR count). The fourth-order valence-corrected chi connectivity index (χ4v) is 6.03. The number of rotatable bonds is 5. The molecule has 0 spiro atoms. The van der Waals surface area contributed by atoms with Crippen molar-refractivity contribution < 1.29 is 19.8 Å². The average molecular weight is 384 g/mol. The molecule has 2 aliphatic rings. The molecule has 2 fully saturated rings. The van der Waals surface area contributed by atoms with E-state index in [4.69, 9.17) is 0 Å². The van der Waals surface area contributed by atoms with Crippen LogP contribution < -0.4 is 0 Å². The Hall–Kier alpha value is -2.34. The van der Waals surface area contributed by atoms with Crippen LogP contribution >= 0.6 is 0 Å². The van der Waals surface area contributed by atoms with Gasteiger partial charge in [-0.15, -0.1) is 0 Å². The summed E-state index contributed by atoms with van der Waals surface area (Å²) < 4.78 is 1.65. The first-order valence-corrected chi connectivity index (χ1v) is 9.87. The number of aliphatic carboxylic acids is 2. The van der Waals surface area contributed by atoms with Gasteiger partial charge in [-0.2, -0.15) is 0 Å². The fraction of sp³-hybridized carbons (Fsp3) is 0.545. The third-order valence-electron chi connectivity index (χ3n) is 6.44. The molecule has 0 radical (unpaired) electrons. The van der Waals surface area contributed by atoms with E-state index in [0.29, 0.717) is 5.56 Å². The molecular weight excluding hydrogens is 356 g/mol. The van der Waals surface area contributed by atoms with Gasteiger partial charge in [-0.05, 0) is 36.2 Å². The molecule has 0 unspecified atom stereocenters. The van der Waals surface area contributed by atoms with E-state index in [1.807, 2.05) is 24.3 Å². The summed E-state index contributed by atoms with van der Waals surface area (Å²) in [4.78, 5) is 25.9. The molecule has 1 aliphatic heterocycles. The van der Waals surface area contributed by atoms with Gasteiger partial charge >= 0.3 is 11.9 Å². The zero-order valence-electron chi connectivity index (χ0n) is 16.7. The van der Waals surface area contributed by atoms with Crippen LogP contribution in [0.15, 0.2) is 30.5 Å². The van der Waals surface area contributed by atoms with Crippen LogP contribution in [0.1, 0.15) is 51.6 Å².